The summed E-state index contributed by atoms with van der Waals surface area (Å²) >= 11 is 6.05. The highest BCUT2D eigenvalue weighted by Crippen LogP contribution is 2.48. The molecule has 2 aliphatic rings. The van der Waals surface area contributed by atoms with Crippen LogP contribution in [0.15, 0.2) is 66.7 Å². The van der Waals surface area contributed by atoms with Crippen LogP contribution in [0.5, 0.6) is 0 Å². The molecular weight excluding hydrogens is 613 g/mol. The molecule has 0 saturated carbocycles. The van der Waals surface area contributed by atoms with Gasteiger partial charge in [0, 0.05) is 41.5 Å². The van der Waals surface area contributed by atoms with Gasteiger partial charge in [0.25, 0.3) is 11.8 Å². The van der Waals surface area contributed by atoms with Crippen molar-refractivity contribution in [1.29, 1.82) is 0 Å². The molecule has 0 radical (unpaired) electrons. The summed E-state index contributed by atoms with van der Waals surface area (Å²) in [7, 11) is -3.25. The number of amides is 3. The first-order valence-corrected chi connectivity index (χ1v) is 17.5. The fourth-order valence-electron chi connectivity index (χ4n) is 5.78. The third-order valence-electron chi connectivity index (χ3n) is 8.06. The number of carbonyl (C=O) groups is 3. The SMILES string of the molecule is CCOP(=O)(CCc1ccc2c(c1)CN(C(=O)c1ccc(Cl)cc1)CC(=O)N2Cc1ccc(C(=O)N2CCCC2)cc1)OCC. The van der Waals surface area contributed by atoms with Crippen molar-refractivity contribution in [2.45, 2.75) is 46.2 Å². The van der Waals surface area contributed by atoms with Crippen molar-refractivity contribution in [2.24, 2.45) is 0 Å². The van der Waals surface area contributed by atoms with E-state index in [4.69, 9.17) is 20.6 Å². The van der Waals surface area contributed by atoms with Gasteiger partial charge in [-0.2, -0.15) is 0 Å². The number of hydrogen-bond donors (Lipinski definition) is 0. The summed E-state index contributed by atoms with van der Waals surface area (Å²) in [4.78, 5) is 45.3. The number of nitrogens with zero attached hydrogens (tertiary/aromatic N) is 3. The number of likely N-dealkylation sites (tertiary alicyclic amines) is 1. The van der Waals surface area contributed by atoms with Gasteiger partial charge in [0.05, 0.1) is 25.9 Å². The molecular formula is C34H39ClN3O6P. The van der Waals surface area contributed by atoms with E-state index in [0.717, 1.165) is 42.6 Å². The second-order valence-electron chi connectivity index (χ2n) is 11.2. The Hall–Kier alpha value is -3.49. The van der Waals surface area contributed by atoms with Crippen LogP contribution < -0.4 is 4.90 Å². The highest BCUT2D eigenvalue weighted by Gasteiger charge is 2.31. The van der Waals surface area contributed by atoms with Gasteiger partial charge < -0.3 is 23.7 Å². The molecule has 0 unspecified atom stereocenters. The Bertz CT molecular complexity index is 1560. The van der Waals surface area contributed by atoms with Crippen LogP contribution in [0.4, 0.5) is 5.69 Å². The summed E-state index contributed by atoms with van der Waals surface area (Å²) in [5.41, 5.74) is 4.32. The molecule has 1 fully saturated rings. The number of halogens is 1. The summed E-state index contributed by atoms with van der Waals surface area (Å²) in [6, 6.07) is 19.8. The maximum atomic E-state index is 13.8. The first kappa shape index (κ1) is 32.9. The molecule has 2 aliphatic heterocycles. The molecule has 2 heterocycles. The van der Waals surface area contributed by atoms with Gasteiger partial charge in [0.2, 0.25) is 5.91 Å². The number of benzene rings is 3. The molecule has 9 nitrogen and oxygen atoms in total. The third-order valence-corrected chi connectivity index (χ3v) is 10.4. The Morgan fingerprint density at radius 3 is 2.00 bits per heavy atom. The third kappa shape index (κ3) is 8.03. The molecule has 3 amide bonds. The predicted octanol–water partition coefficient (Wildman–Crippen LogP) is 6.57. The van der Waals surface area contributed by atoms with Crippen molar-refractivity contribution in [3.8, 4) is 0 Å². The lowest BCUT2D eigenvalue weighted by atomic mass is 10.0. The molecule has 3 aromatic carbocycles. The second kappa shape index (κ2) is 14.7. The quantitative estimate of drug-likeness (QED) is 0.218. The Morgan fingerprint density at radius 1 is 0.800 bits per heavy atom. The summed E-state index contributed by atoms with van der Waals surface area (Å²) in [6.07, 6.45) is 2.71. The highest BCUT2D eigenvalue weighted by atomic mass is 35.5. The maximum absolute atomic E-state index is 13.8. The highest BCUT2D eigenvalue weighted by molar-refractivity contribution is 7.53. The van der Waals surface area contributed by atoms with Crippen LogP contribution in [0.2, 0.25) is 5.02 Å². The monoisotopic (exact) mass is 651 g/mol. The summed E-state index contributed by atoms with van der Waals surface area (Å²) < 4.78 is 24.1. The largest absolute Gasteiger partial charge is 0.339 e. The van der Waals surface area contributed by atoms with Crippen LogP contribution >= 0.6 is 19.2 Å². The molecule has 45 heavy (non-hydrogen) atoms. The fraction of sp³-hybridized carbons (Fsp3) is 0.382. The predicted molar refractivity (Wildman–Crippen MR) is 175 cm³/mol. The fourth-order valence-corrected chi connectivity index (χ4v) is 7.56. The number of anilines is 1. The van der Waals surface area contributed by atoms with Crippen LogP contribution in [0.25, 0.3) is 0 Å². The molecule has 0 N–H and O–H groups in total. The normalized spacial score (nSPS) is 15.3. The smallest absolute Gasteiger partial charge is 0.330 e. The Kier molecular flexibility index (Phi) is 10.8. The minimum absolute atomic E-state index is 0.0253. The first-order chi connectivity index (χ1) is 21.7. The van der Waals surface area contributed by atoms with Gasteiger partial charge in [-0.15, -0.1) is 0 Å². The van der Waals surface area contributed by atoms with Crippen LogP contribution in [0, 0.1) is 0 Å². The van der Waals surface area contributed by atoms with Crippen molar-refractivity contribution in [3.63, 3.8) is 0 Å². The van der Waals surface area contributed by atoms with Gasteiger partial charge in [0.1, 0.15) is 6.54 Å². The van der Waals surface area contributed by atoms with Gasteiger partial charge >= 0.3 is 7.60 Å². The van der Waals surface area contributed by atoms with E-state index in [0.29, 0.717) is 28.3 Å². The minimum Gasteiger partial charge on any atom is -0.339 e. The first-order valence-electron chi connectivity index (χ1n) is 15.4. The van der Waals surface area contributed by atoms with Gasteiger partial charge in [-0.05, 0) is 92.3 Å². The van der Waals surface area contributed by atoms with Crippen LogP contribution in [-0.2, 0) is 37.9 Å². The zero-order chi connectivity index (χ0) is 32.0. The molecule has 238 valence electrons. The topological polar surface area (TPSA) is 96.5 Å². The standard InChI is InChI=1S/C34H39ClN3O6P/c1-3-43-45(42,44-4-2)20-17-25-9-16-31-29(21-25)23-37(34(41)28-12-14-30(35)15-13-28)24-32(39)38(31)22-26-7-10-27(11-8-26)33(40)36-18-5-6-19-36/h7-16,21H,3-6,17-20,22-24H2,1-2H3. The number of fused-ring (bicyclic) bond motifs is 1. The van der Waals surface area contributed by atoms with E-state index in [9.17, 15) is 18.9 Å². The van der Waals surface area contributed by atoms with E-state index in [1.54, 1.807) is 43.0 Å². The molecule has 5 rings (SSSR count). The Morgan fingerprint density at radius 2 is 1.38 bits per heavy atom. The van der Waals surface area contributed by atoms with Gasteiger partial charge in [0.15, 0.2) is 0 Å². The lowest BCUT2D eigenvalue weighted by molar-refractivity contribution is -0.119. The molecule has 1 saturated heterocycles. The number of aryl methyl sites for hydroxylation is 1. The van der Waals surface area contributed by atoms with Crippen LogP contribution in [0.3, 0.4) is 0 Å². The number of carbonyl (C=O) groups excluding carboxylic acids is 3. The van der Waals surface area contributed by atoms with Crippen LogP contribution in [0.1, 0.15) is 64.1 Å². The van der Waals surface area contributed by atoms with E-state index in [1.165, 1.54) is 4.90 Å². The van der Waals surface area contributed by atoms with Gasteiger partial charge in [-0.3, -0.25) is 18.9 Å². The van der Waals surface area contributed by atoms with Crippen molar-refractivity contribution in [1.82, 2.24) is 9.80 Å². The van der Waals surface area contributed by atoms with Crippen molar-refractivity contribution < 1.29 is 28.0 Å². The summed E-state index contributed by atoms with van der Waals surface area (Å²) in [5.74, 6) is -0.476. The molecule has 3 aromatic rings. The Labute approximate surface area is 269 Å². The van der Waals surface area contributed by atoms with Gasteiger partial charge in [-0.25, -0.2) is 0 Å². The summed E-state index contributed by atoms with van der Waals surface area (Å²) in [6.45, 7) is 6.07. The average molecular weight is 652 g/mol. The molecule has 11 heteroatoms. The Balaban J connectivity index is 1.42. The van der Waals surface area contributed by atoms with E-state index < -0.39 is 7.60 Å². The number of hydrogen-bond acceptors (Lipinski definition) is 6. The minimum atomic E-state index is -3.25. The van der Waals surface area contributed by atoms with Crippen LogP contribution in [-0.4, -0.2) is 66.5 Å². The van der Waals surface area contributed by atoms with Crippen molar-refractivity contribution in [2.75, 3.05) is 43.9 Å². The molecule has 0 bridgehead atoms. The van der Waals surface area contributed by atoms with Gasteiger partial charge in [-0.1, -0.05) is 35.9 Å². The number of rotatable bonds is 11. The maximum Gasteiger partial charge on any atom is 0.330 e. The molecule has 0 atom stereocenters. The summed E-state index contributed by atoms with van der Waals surface area (Å²) in [5, 5.41) is 0.518. The zero-order valence-corrected chi connectivity index (χ0v) is 27.4. The average Bonchev–Trinajstić information content (AvgIpc) is 3.54. The van der Waals surface area contributed by atoms with Crippen molar-refractivity contribution in [3.05, 3.63) is 99.6 Å². The molecule has 0 aliphatic carbocycles. The lowest BCUT2D eigenvalue weighted by Crippen LogP contribution is -2.39. The van der Waals surface area contributed by atoms with Crippen molar-refractivity contribution >= 4 is 42.6 Å². The second-order valence-corrected chi connectivity index (χ2v) is 13.8. The zero-order valence-electron chi connectivity index (χ0n) is 25.7. The molecule has 0 aromatic heterocycles. The lowest BCUT2D eigenvalue weighted by Gasteiger charge is -2.24. The van der Waals surface area contributed by atoms with E-state index in [-0.39, 0.29) is 56.7 Å². The van der Waals surface area contributed by atoms with E-state index >= 15 is 0 Å². The van der Waals surface area contributed by atoms with E-state index in [1.807, 2.05) is 47.4 Å². The molecule has 0 spiro atoms. The van der Waals surface area contributed by atoms with E-state index in [2.05, 4.69) is 0 Å².